The molecule has 1 amide bonds. The van der Waals surface area contributed by atoms with Crippen molar-refractivity contribution in [1.82, 2.24) is 9.55 Å². The molecule has 1 aromatic carbocycles. The van der Waals surface area contributed by atoms with Gasteiger partial charge in [-0.3, -0.25) is 9.78 Å². The number of aromatic nitrogens is 2. The third kappa shape index (κ3) is 2.29. The fourth-order valence-corrected chi connectivity index (χ4v) is 2.72. The summed E-state index contributed by atoms with van der Waals surface area (Å²) >= 11 is 0. The maximum atomic E-state index is 12.6. The van der Waals surface area contributed by atoms with E-state index in [0.717, 1.165) is 23.0 Å². The first-order chi connectivity index (χ1) is 10.2. The molecule has 3 rings (SSSR count). The van der Waals surface area contributed by atoms with Gasteiger partial charge in [0.2, 0.25) is 0 Å². The van der Waals surface area contributed by atoms with Gasteiger partial charge in [-0.15, -0.1) is 0 Å². The summed E-state index contributed by atoms with van der Waals surface area (Å²) in [7, 11) is 0. The van der Waals surface area contributed by atoms with Crippen LogP contribution in [-0.4, -0.2) is 15.5 Å². The first kappa shape index (κ1) is 13.4. The van der Waals surface area contributed by atoms with Gasteiger partial charge in [0.05, 0.1) is 11.9 Å². The Morgan fingerprint density at radius 1 is 1.24 bits per heavy atom. The first-order valence-electron chi connectivity index (χ1n) is 7.01. The number of pyridine rings is 1. The van der Waals surface area contributed by atoms with Crippen LogP contribution in [0.5, 0.6) is 0 Å². The van der Waals surface area contributed by atoms with Crippen LogP contribution in [0.15, 0.2) is 48.8 Å². The zero-order valence-corrected chi connectivity index (χ0v) is 12.1. The molecular formula is C17H17N3O. The molecule has 4 nitrogen and oxygen atoms in total. The molecule has 0 aliphatic heterocycles. The fraction of sp³-hybridized carbons (Fsp3) is 0.176. The molecule has 0 atom stereocenters. The number of para-hydroxylation sites is 1. The predicted molar refractivity (Wildman–Crippen MR) is 84.5 cm³/mol. The number of hydrogen-bond donors (Lipinski definition) is 1. The molecule has 1 N–H and O–H groups in total. The highest BCUT2D eigenvalue weighted by molar-refractivity contribution is 6.08. The quantitative estimate of drug-likeness (QED) is 0.796. The van der Waals surface area contributed by atoms with E-state index in [4.69, 9.17) is 0 Å². The molecule has 0 aliphatic carbocycles. The van der Waals surface area contributed by atoms with Crippen molar-refractivity contribution < 1.29 is 4.79 Å². The first-order valence-corrected chi connectivity index (χ1v) is 7.01. The van der Waals surface area contributed by atoms with Crippen molar-refractivity contribution in [1.29, 1.82) is 0 Å². The van der Waals surface area contributed by atoms with Gasteiger partial charge in [-0.05, 0) is 37.6 Å². The number of carbonyl (C=O) groups is 1. The zero-order chi connectivity index (χ0) is 14.8. The smallest absolute Gasteiger partial charge is 0.272 e. The molecule has 0 radical (unpaired) electrons. The summed E-state index contributed by atoms with van der Waals surface area (Å²) in [5.74, 6) is -0.0986. The highest BCUT2D eigenvalue weighted by Gasteiger charge is 2.19. The Balaban J connectivity index is 2.07. The Labute approximate surface area is 123 Å². The maximum Gasteiger partial charge on any atom is 0.272 e. The van der Waals surface area contributed by atoms with Crippen LogP contribution in [-0.2, 0) is 6.54 Å². The Bertz CT molecular complexity index is 790. The van der Waals surface area contributed by atoms with Crippen LogP contribution in [0.4, 0.5) is 5.69 Å². The summed E-state index contributed by atoms with van der Waals surface area (Å²) < 4.78 is 2.05. The predicted octanol–water partition coefficient (Wildman–Crippen LogP) is 3.62. The van der Waals surface area contributed by atoms with E-state index in [2.05, 4.69) is 20.9 Å². The van der Waals surface area contributed by atoms with E-state index in [-0.39, 0.29) is 5.91 Å². The van der Waals surface area contributed by atoms with Crippen molar-refractivity contribution in [3.63, 3.8) is 0 Å². The van der Waals surface area contributed by atoms with Gasteiger partial charge < -0.3 is 9.88 Å². The average molecular weight is 279 g/mol. The van der Waals surface area contributed by atoms with E-state index < -0.39 is 0 Å². The van der Waals surface area contributed by atoms with Crippen molar-refractivity contribution >= 4 is 22.5 Å². The second-order valence-corrected chi connectivity index (χ2v) is 4.93. The highest BCUT2D eigenvalue weighted by atomic mass is 16.2. The van der Waals surface area contributed by atoms with E-state index in [1.165, 1.54) is 0 Å². The van der Waals surface area contributed by atoms with Crippen LogP contribution in [0.1, 0.15) is 23.0 Å². The van der Waals surface area contributed by atoms with Crippen molar-refractivity contribution in [3.05, 3.63) is 60.0 Å². The van der Waals surface area contributed by atoms with Gasteiger partial charge in [-0.25, -0.2) is 0 Å². The summed E-state index contributed by atoms with van der Waals surface area (Å²) in [5.41, 5.74) is 3.51. The number of nitrogens with one attached hydrogen (secondary N) is 1. The Morgan fingerprint density at radius 2 is 2.05 bits per heavy atom. The number of amides is 1. The van der Waals surface area contributed by atoms with Crippen LogP contribution in [0.2, 0.25) is 0 Å². The number of carbonyl (C=O) groups excluding carboxylic acids is 1. The second-order valence-electron chi connectivity index (χ2n) is 4.93. The minimum atomic E-state index is -0.0986. The van der Waals surface area contributed by atoms with Gasteiger partial charge in [0.15, 0.2) is 0 Å². The standard InChI is InChI=1S/C17H17N3O/c1-3-20-15-9-5-4-8-14(15)12(2)16(20)17(21)19-13-7-6-10-18-11-13/h4-11H,3H2,1-2H3,(H,19,21). The summed E-state index contributed by atoms with van der Waals surface area (Å²) in [6, 6.07) is 11.7. The third-order valence-corrected chi connectivity index (χ3v) is 3.67. The lowest BCUT2D eigenvalue weighted by Gasteiger charge is -2.09. The van der Waals surface area contributed by atoms with Crippen LogP contribution < -0.4 is 5.32 Å². The van der Waals surface area contributed by atoms with Gasteiger partial charge in [0.1, 0.15) is 5.69 Å². The Morgan fingerprint density at radius 3 is 2.76 bits per heavy atom. The number of aryl methyl sites for hydroxylation is 2. The molecule has 21 heavy (non-hydrogen) atoms. The number of nitrogens with zero attached hydrogens (tertiary/aromatic N) is 2. The van der Waals surface area contributed by atoms with Crippen molar-refractivity contribution in [2.75, 3.05) is 5.32 Å². The minimum absolute atomic E-state index is 0.0986. The van der Waals surface area contributed by atoms with E-state index in [9.17, 15) is 4.79 Å². The molecule has 0 aliphatic rings. The number of benzene rings is 1. The monoisotopic (exact) mass is 279 g/mol. The van der Waals surface area contributed by atoms with E-state index in [1.54, 1.807) is 18.5 Å². The molecular weight excluding hydrogens is 262 g/mol. The summed E-state index contributed by atoms with van der Waals surface area (Å²) in [6.07, 6.45) is 3.33. The summed E-state index contributed by atoms with van der Waals surface area (Å²) in [6.45, 7) is 4.80. The van der Waals surface area contributed by atoms with Gasteiger partial charge in [0.25, 0.3) is 5.91 Å². The molecule has 4 heteroatoms. The molecule has 0 spiro atoms. The fourth-order valence-electron chi connectivity index (χ4n) is 2.72. The van der Waals surface area contributed by atoms with Crippen molar-refractivity contribution in [2.24, 2.45) is 0 Å². The van der Waals surface area contributed by atoms with Gasteiger partial charge in [-0.1, -0.05) is 18.2 Å². The molecule has 106 valence electrons. The molecule has 0 saturated carbocycles. The maximum absolute atomic E-state index is 12.6. The Kier molecular flexibility index (Phi) is 3.44. The molecule has 2 heterocycles. The average Bonchev–Trinajstić information content (AvgIpc) is 2.81. The van der Waals surface area contributed by atoms with Crippen LogP contribution in [0.3, 0.4) is 0 Å². The second kappa shape index (κ2) is 5.40. The van der Waals surface area contributed by atoms with E-state index in [0.29, 0.717) is 11.4 Å². The Hall–Kier alpha value is -2.62. The number of anilines is 1. The lowest BCUT2D eigenvalue weighted by molar-refractivity contribution is 0.101. The third-order valence-electron chi connectivity index (χ3n) is 3.67. The van der Waals surface area contributed by atoms with Crippen LogP contribution in [0, 0.1) is 6.92 Å². The largest absolute Gasteiger partial charge is 0.337 e. The van der Waals surface area contributed by atoms with E-state index >= 15 is 0 Å². The van der Waals surface area contributed by atoms with Crippen molar-refractivity contribution in [2.45, 2.75) is 20.4 Å². The molecule has 3 aromatic rings. The molecule has 2 aromatic heterocycles. The van der Waals surface area contributed by atoms with Crippen LogP contribution >= 0.6 is 0 Å². The molecule has 0 bridgehead atoms. The van der Waals surface area contributed by atoms with Gasteiger partial charge in [-0.2, -0.15) is 0 Å². The lowest BCUT2D eigenvalue weighted by atomic mass is 10.1. The molecule has 0 saturated heterocycles. The van der Waals surface area contributed by atoms with Crippen LogP contribution in [0.25, 0.3) is 10.9 Å². The van der Waals surface area contributed by atoms with Gasteiger partial charge in [0, 0.05) is 23.6 Å². The van der Waals surface area contributed by atoms with E-state index in [1.807, 2.05) is 38.1 Å². The normalized spacial score (nSPS) is 10.8. The number of rotatable bonds is 3. The molecule has 0 fully saturated rings. The number of hydrogen-bond acceptors (Lipinski definition) is 2. The topological polar surface area (TPSA) is 46.9 Å². The zero-order valence-electron chi connectivity index (χ0n) is 12.1. The lowest BCUT2D eigenvalue weighted by Crippen LogP contribution is -2.17. The summed E-state index contributed by atoms with van der Waals surface area (Å²) in [4.78, 5) is 16.6. The minimum Gasteiger partial charge on any atom is -0.337 e. The van der Waals surface area contributed by atoms with Gasteiger partial charge >= 0.3 is 0 Å². The highest BCUT2D eigenvalue weighted by Crippen LogP contribution is 2.26. The van der Waals surface area contributed by atoms with Crippen molar-refractivity contribution in [3.8, 4) is 0 Å². The number of fused-ring (bicyclic) bond motifs is 1. The molecule has 0 unspecified atom stereocenters. The SMILES string of the molecule is CCn1c(C(=O)Nc2cccnc2)c(C)c2ccccc21. The summed E-state index contributed by atoms with van der Waals surface area (Å²) in [5, 5.41) is 4.03.